The summed E-state index contributed by atoms with van der Waals surface area (Å²) >= 11 is 0. The van der Waals surface area contributed by atoms with E-state index in [1.807, 2.05) is 0 Å². The SMILES string of the molecule is CC(=O)O[C@H]1[C@H](OC(C)=O)[C@@H](OC(C)=O)C(O)O[C@@H]1COC(=O)CF. The van der Waals surface area contributed by atoms with Gasteiger partial charge in [-0.15, -0.1) is 0 Å². The lowest BCUT2D eigenvalue weighted by atomic mass is 9.98. The molecule has 5 atom stereocenters. The summed E-state index contributed by atoms with van der Waals surface area (Å²) in [6, 6.07) is 0. The molecule has 1 saturated heterocycles. The Labute approximate surface area is 142 Å². The van der Waals surface area contributed by atoms with Crippen LogP contribution in [-0.2, 0) is 42.9 Å². The van der Waals surface area contributed by atoms with Crippen molar-refractivity contribution in [3.05, 3.63) is 0 Å². The van der Waals surface area contributed by atoms with E-state index in [1.165, 1.54) is 0 Å². The van der Waals surface area contributed by atoms with E-state index in [0.29, 0.717) is 0 Å². The summed E-state index contributed by atoms with van der Waals surface area (Å²) < 4.78 is 36.8. The van der Waals surface area contributed by atoms with Crippen molar-refractivity contribution in [1.82, 2.24) is 0 Å². The fraction of sp³-hybridized carbons (Fsp3) is 0.714. The number of esters is 4. The van der Waals surface area contributed by atoms with E-state index >= 15 is 0 Å². The molecule has 0 radical (unpaired) electrons. The summed E-state index contributed by atoms with van der Waals surface area (Å²) in [5.74, 6) is -3.63. The summed E-state index contributed by atoms with van der Waals surface area (Å²) in [5, 5.41) is 10.0. The third kappa shape index (κ3) is 6.27. The molecule has 10 nitrogen and oxygen atoms in total. The Morgan fingerprint density at radius 3 is 1.88 bits per heavy atom. The Bertz CT molecular complexity index is 522. The van der Waals surface area contributed by atoms with Crippen molar-refractivity contribution in [1.29, 1.82) is 0 Å². The number of aliphatic hydroxyl groups is 1. The van der Waals surface area contributed by atoms with E-state index in [-0.39, 0.29) is 0 Å². The van der Waals surface area contributed by atoms with Crippen LogP contribution >= 0.6 is 0 Å². The van der Waals surface area contributed by atoms with Crippen LogP contribution in [0.15, 0.2) is 0 Å². The molecule has 11 heteroatoms. The normalized spacial score (nSPS) is 28.6. The average molecular weight is 366 g/mol. The fourth-order valence-electron chi connectivity index (χ4n) is 2.22. The molecule has 0 aromatic rings. The van der Waals surface area contributed by atoms with Crippen LogP contribution in [0.1, 0.15) is 20.8 Å². The highest BCUT2D eigenvalue weighted by molar-refractivity contribution is 5.70. The van der Waals surface area contributed by atoms with Crippen molar-refractivity contribution < 1.29 is 52.4 Å². The Morgan fingerprint density at radius 2 is 1.40 bits per heavy atom. The van der Waals surface area contributed by atoms with Gasteiger partial charge in [0, 0.05) is 20.8 Å². The lowest BCUT2D eigenvalue weighted by Crippen LogP contribution is -2.62. The van der Waals surface area contributed by atoms with Gasteiger partial charge in [0.25, 0.3) is 0 Å². The van der Waals surface area contributed by atoms with Gasteiger partial charge in [0.1, 0.15) is 12.7 Å². The molecule has 0 spiro atoms. The van der Waals surface area contributed by atoms with Crippen molar-refractivity contribution in [3.63, 3.8) is 0 Å². The summed E-state index contributed by atoms with van der Waals surface area (Å²) in [6.45, 7) is 1.17. The van der Waals surface area contributed by atoms with E-state index in [9.17, 15) is 28.7 Å². The highest BCUT2D eigenvalue weighted by atomic mass is 19.1. The highest BCUT2D eigenvalue weighted by Gasteiger charge is 2.51. The number of halogens is 1. The van der Waals surface area contributed by atoms with Crippen molar-refractivity contribution in [3.8, 4) is 0 Å². The monoisotopic (exact) mass is 366 g/mol. The van der Waals surface area contributed by atoms with Crippen molar-refractivity contribution >= 4 is 23.9 Å². The van der Waals surface area contributed by atoms with Crippen LogP contribution in [0.3, 0.4) is 0 Å². The molecular weight excluding hydrogens is 347 g/mol. The van der Waals surface area contributed by atoms with Gasteiger partial charge in [0.15, 0.2) is 31.3 Å². The summed E-state index contributed by atoms with van der Waals surface area (Å²) in [4.78, 5) is 44.8. The van der Waals surface area contributed by atoms with Gasteiger partial charge in [0.05, 0.1) is 0 Å². The topological polar surface area (TPSA) is 135 Å². The highest BCUT2D eigenvalue weighted by Crippen LogP contribution is 2.28. The minimum absolute atomic E-state index is 0.595. The van der Waals surface area contributed by atoms with Crippen molar-refractivity contribution in [2.75, 3.05) is 13.3 Å². The fourth-order valence-corrected chi connectivity index (χ4v) is 2.22. The first-order valence-electron chi connectivity index (χ1n) is 7.22. The van der Waals surface area contributed by atoms with Gasteiger partial charge in [-0.25, -0.2) is 9.18 Å². The molecule has 1 aliphatic rings. The predicted molar refractivity (Wildman–Crippen MR) is 74.5 cm³/mol. The number of ether oxygens (including phenoxy) is 5. The van der Waals surface area contributed by atoms with Crippen LogP contribution in [0.5, 0.6) is 0 Å². The van der Waals surface area contributed by atoms with Crippen LogP contribution in [-0.4, -0.2) is 73.0 Å². The second kappa shape index (κ2) is 9.28. The first-order valence-corrected chi connectivity index (χ1v) is 7.22. The molecule has 0 saturated carbocycles. The van der Waals surface area contributed by atoms with Crippen LogP contribution < -0.4 is 0 Å². The Kier molecular flexibility index (Phi) is 7.71. The maximum absolute atomic E-state index is 12.2. The van der Waals surface area contributed by atoms with Gasteiger partial charge in [-0.1, -0.05) is 0 Å². The number of hydrogen-bond donors (Lipinski definition) is 1. The van der Waals surface area contributed by atoms with E-state index in [0.717, 1.165) is 20.8 Å². The van der Waals surface area contributed by atoms with E-state index in [4.69, 9.17) is 18.9 Å². The number of alkyl halides is 1. The zero-order valence-electron chi connectivity index (χ0n) is 13.8. The molecule has 1 rings (SSSR count). The molecule has 0 aromatic carbocycles. The molecule has 1 fully saturated rings. The van der Waals surface area contributed by atoms with E-state index in [1.54, 1.807) is 0 Å². The number of carbonyl (C=O) groups is 4. The zero-order chi connectivity index (χ0) is 19.1. The van der Waals surface area contributed by atoms with Gasteiger partial charge in [0.2, 0.25) is 0 Å². The summed E-state index contributed by atoms with van der Waals surface area (Å²) in [7, 11) is 0. The molecular formula is C14H19FO10. The molecule has 1 unspecified atom stereocenters. The third-order valence-corrected chi connectivity index (χ3v) is 3.03. The summed E-state index contributed by atoms with van der Waals surface area (Å²) in [6.07, 6.45) is -7.34. The van der Waals surface area contributed by atoms with Crippen molar-refractivity contribution in [2.24, 2.45) is 0 Å². The molecule has 1 aliphatic heterocycles. The van der Waals surface area contributed by atoms with Crippen molar-refractivity contribution in [2.45, 2.75) is 51.5 Å². The number of carbonyl (C=O) groups excluding carboxylic acids is 4. The number of aliphatic hydroxyl groups excluding tert-OH is 1. The van der Waals surface area contributed by atoms with Gasteiger partial charge in [-0.2, -0.15) is 0 Å². The minimum atomic E-state index is -1.77. The van der Waals surface area contributed by atoms with Gasteiger partial charge >= 0.3 is 23.9 Å². The van der Waals surface area contributed by atoms with Gasteiger partial charge in [-0.3, -0.25) is 14.4 Å². The molecule has 0 bridgehead atoms. The van der Waals surface area contributed by atoms with Crippen LogP contribution in [0.25, 0.3) is 0 Å². The molecule has 25 heavy (non-hydrogen) atoms. The maximum Gasteiger partial charge on any atom is 0.337 e. The first-order chi connectivity index (χ1) is 11.6. The second-order valence-electron chi connectivity index (χ2n) is 5.10. The standard InChI is InChI=1S/C14H19FO10/c1-6(16)22-11-9(5-21-10(19)4-15)25-14(20)13(24-8(3)18)12(11)23-7(2)17/h9,11-14,20H,4-5H2,1-3H3/t9-,11-,12+,13-,14?/m1/s1. The first kappa shape index (κ1) is 20.8. The molecule has 0 amide bonds. The largest absolute Gasteiger partial charge is 0.461 e. The molecule has 0 aromatic heterocycles. The van der Waals surface area contributed by atoms with Gasteiger partial charge in [-0.05, 0) is 0 Å². The number of rotatable bonds is 6. The maximum atomic E-state index is 12.2. The van der Waals surface area contributed by atoms with Crippen LogP contribution in [0.4, 0.5) is 4.39 Å². The molecule has 1 heterocycles. The van der Waals surface area contributed by atoms with E-state index < -0.39 is 67.9 Å². The van der Waals surface area contributed by atoms with E-state index in [2.05, 4.69) is 4.74 Å². The summed E-state index contributed by atoms with van der Waals surface area (Å²) in [5.41, 5.74) is 0. The molecule has 142 valence electrons. The third-order valence-electron chi connectivity index (χ3n) is 3.03. The Morgan fingerprint density at radius 1 is 0.920 bits per heavy atom. The van der Waals surface area contributed by atoms with Crippen LogP contribution in [0.2, 0.25) is 0 Å². The average Bonchev–Trinajstić information content (AvgIpc) is 2.50. The lowest BCUT2D eigenvalue weighted by Gasteiger charge is -2.42. The second-order valence-corrected chi connectivity index (χ2v) is 5.10. The zero-order valence-corrected chi connectivity index (χ0v) is 13.8. The quantitative estimate of drug-likeness (QED) is 0.461. The Hall–Kier alpha value is -2.27. The minimum Gasteiger partial charge on any atom is -0.461 e. The lowest BCUT2D eigenvalue weighted by molar-refractivity contribution is -0.296. The van der Waals surface area contributed by atoms with Gasteiger partial charge < -0.3 is 28.8 Å². The Balaban J connectivity index is 3.09. The molecule has 1 N–H and O–H groups in total. The smallest absolute Gasteiger partial charge is 0.337 e. The molecule has 0 aliphatic carbocycles. The van der Waals surface area contributed by atoms with Crippen LogP contribution in [0, 0.1) is 0 Å². The predicted octanol–water partition coefficient (Wildman–Crippen LogP) is -0.989. The number of hydrogen-bond acceptors (Lipinski definition) is 10.